The monoisotopic (exact) mass is 241 g/mol. The molecule has 0 aliphatic carbocycles. The number of urea groups is 1. The molecule has 2 aliphatic rings. The first-order valence-electron chi connectivity index (χ1n) is 6.10. The van der Waals surface area contributed by atoms with Gasteiger partial charge < -0.3 is 19.8 Å². The lowest BCUT2D eigenvalue weighted by molar-refractivity contribution is -0.146. The molecule has 0 spiro atoms. The highest BCUT2D eigenvalue weighted by molar-refractivity contribution is 5.79. The molecule has 1 N–H and O–H groups in total. The van der Waals surface area contributed by atoms with Gasteiger partial charge in [-0.3, -0.25) is 4.79 Å². The Labute approximate surface area is 101 Å². The Kier molecular flexibility index (Phi) is 3.51. The van der Waals surface area contributed by atoms with Gasteiger partial charge in [-0.15, -0.1) is 0 Å². The number of carbonyl (C=O) groups excluding carboxylic acids is 1. The van der Waals surface area contributed by atoms with Crippen molar-refractivity contribution in [1.29, 1.82) is 0 Å². The molecule has 0 bridgehead atoms. The van der Waals surface area contributed by atoms with Crippen LogP contribution in [0.3, 0.4) is 0 Å². The third kappa shape index (κ3) is 2.52. The number of likely N-dealkylation sites (N-methyl/N-ethyl adjacent to an activating group) is 1. The van der Waals surface area contributed by atoms with Gasteiger partial charge in [0.05, 0.1) is 5.92 Å². The van der Waals surface area contributed by atoms with E-state index in [0.717, 1.165) is 32.7 Å². The molecule has 6 nitrogen and oxygen atoms in total. The van der Waals surface area contributed by atoms with Gasteiger partial charge in [-0.25, -0.2) is 4.79 Å². The lowest BCUT2D eigenvalue weighted by Gasteiger charge is -2.42. The fourth-order valence-electron chi connectivity index (χ4n) is 2.25. The summed E-state index contributed by atoms with van der Waals surface area (Å²) in [6.45, 7) is 7.19. The molecule has 2 fully saturated rings. The van der Waals surface area contributed by atoms with E-state index in [0.29, 0.717) is 13.1 Å². The van der Waals surface area contributed by atoms with Crippen LogP contribution in [-0.4, -0.2) is 77.6 Å². The zero-order valence-corrected chi connectivity index (χ0v) is 10.1. The van der Waals surface area contributed by atoms with Crippen LogP contribution in [0.1, 0.15) is 6.92 Å². The maximum absolute atomic E-state index is 12.0. The fourth-order valence-corrected chi connectivity index (χ4v) is 2.25. The van der Waals surface area contributed by atoms with Crippen molar-refractivity contribution in [3.05, 3.63) is 0 Å². The summed E-state index contributed by atoms with van der Waals surface area (Å²) in [6.07, 6.45) is 0. The molecule has 0 unspecified atom stereocenters. The maximum atomic E-state index is 12.0. The van der Waals surface area contributed by atoms with Crippen LogP contribution in [0.2, 0.25) is 0 Å². The number of carboxylic acids is 1. The Balaban J connectivity index is 1.77. The molecule has 17 heavy (non-hydrogen) atoms. The van der Waals surface area contributed by atoms with E-state index >= 15 is 0 Å². The minimum absolute atomic E-state index is 0.00162. The van der Waals surface area contributed by atoms with E-state index in [4.69, 9.17) is 5.11 Å². The zero-order chi connectivity index (χ0) is 12.4. The van der Waals surface area contributed by atoms with Crippen molar-refractivity contribution >= 4 is 12.0 Å². The van der Waals surface area contributed by atoms with Crippen molar-refractivity contribution in [1.82, 2.24) is 14.7 Å². The second-order valence-electron chi connectivity index (χ2n) is 4.64. The molecule has 2 heterocycles. The summed E-state index contributed by atoms with van der Waals surface area (Å²) in [4.78, 5) is 28.4. The van der Waals surface area contributed by atoms with E-state index in [1.165, 1.54) is 0 Å². The van der Waals surface area contributed by atoms with Crippen molar-refractivity contribution in [2.24, 2.45) is 5.92 Å². The van der Waals surface area contributed by atoms with Crippen LogP contribution in [0, 0.1) is 5.92 Å². The molecule has 2 aliphatic heterocycles. The first-order chi connectivity index (χ1) is 8.11. The smallest absolute Gasteiger partial charge is 0.320 e. The largest absolute Gasteiger partial charge is 0.481 e. The van der Waals surface area contributed by atoms with Crippen LogP contribution in [0.4, 0.5) is 4.79 Å². The van der Waals surface area contributed by atoms with Gasteiger partial charge in [0.2, 0.25) is 0 Å². The number of amides is 2. The van der Waals surface area contributed by atoms with Gasteiger partial charge in [-0.05, 0) is 6.54 Å². The molecule has 0 radical (unpaired) electrons. The summed E-state index contributed by atoms with van der Waals surface area (Å²) >= 11 is 0. The number of hydrogen-bond acceptors (Lipinski definition) is 3. The van der Waals surface area contributed by atoms with Crippen LogP contribution < -0.4 is 0 Å². The molecule has 0 aromatic carbocycles. The fraction of sp³-hybridized carbons (Fsp3) is 0.818. The Morgan fingerprint density at radius 3 is 2.18 bits per heavy atom. The van der Waals surface area contributed by atoms with E-state index < -0.39 is 5.97 Å². The van der Waals surface area contributed by atoms with Crippen molar-refractivity contribution < 1.29 is 14.7 Å². The summed E-state index contributed by atoms with van der Waals surface area (Å²) in [7, 11) is 0. The first-order valence-corrected chi connectivity index (χ1v) is 6.10. The van der Waals surface area contributed by atoms with E-state index in [2.05, 4.69) is 11.8 Å². The second-order valence-corrected chi connectivity index (χ2v) is 4.64. The summed E-state index contributed by atoms with van der Waals surface area (Å²) in [5, 5.41) is 8.75. The Hall–Kier alpha value is -1.30. The van der Waals surface area contributed by atoms with Gasteiger partial charge >= 0.3 is 12.0 Å². The maximum Gasteiger partial charge on any atom is 0.320 e. The Bertz CT molecular complexity index is 307. The molecular weight excluding hydrogens is 222 g/mol. The predicted molar refractivity (Wildman–Crippen MR) is 61.8 cm³/mol. The van der Waals surface area contributed by atoms with E-state index in [1.807, 2.05) is 4.90 Å². The van der Waals surface area contributed by atoms with Crippen molar-refractivity contribution in [2.45, 2.75) is 6.92 Å². The molecule has 0 aromatic rings. The van der Waals surface area contributed by atoms with Crippen LogP contribution in [0.15, 0.2) is 0 Å². The Morgan fingerprint density at radius 2 is 1.71 bits per heavy atom. The molecule has 0 saturated carbocycles. The SMILES string of the molecule is CCN1CCN(C(=O)N2CC(C(=O)O)C2)CC1. The number of likely N-dealkylation sites (tertiary alicyclic amines) is 1. The molecule has 96 valence electrons. The number of aliphatic carboxylic acids is 1. The van der Waals surface area contributed by atoms with Gasteiger partial charge in [0.25, 0.3) is 0 Å². The van der Waals surface area contributed by atoms with Gasteiger partial charge in [0.1, 0.15) is 0 Å². The molecule has 0 atom stereocenters. The third-order valence-corrected chi connectivity index (χ3v) is 3.59. The normalized spacial score (nSPS) is 22.4. The molecule has 2 saturated heterocycles. The lowest BCUT2D eigenvalue weighted by Crippen LogP contribution is -2.59. The number of hydrogen-bond donors (Lipinski definition) is 1. The highest BCUT2D eigenvalue weighted by atomic mass is 16.4. The zero-order valence-electron chi connectivity index (χ0n) is 10.1. The van der Waals surface area contributed by atoms with Crippen molar-refractivity contribution in [3.8, 4) is 0 Å². The number of rotatable bonds is 2. The van der Waals surface area contributed by atoms with E-state index in [9.17, 15) is 9.59 Å². The average Bonchev–Trinajstić information content (AvgIpc) is 2.26. The molecule has 0 aromatic heterocycles. The number of carbonyl (C=O) groups is 2. The second kappa shape index (κ2) is 4.91. The summed E-state index contributed by atoms with van der Waals surface area (Å²) in [5.41, 5.74) is 0. The van der Waals surface area contributed by atoms with Crippen molar-refractivity contribution in [3.63, 3.8) is 0 Å². The van der Waals surface area contributed by atoms with Gasteiger partial charge in [-0.2, -0.15) is 0 Å². The summed E-state index contributed by atoms with van der Waals surface area (Å²) < 4.78 is 0. The van der Waals surface area contributed by atoms with Gasteiger partial charge in [-0.1, -0.05) is 6.92 Å². The molecular formula is C11H19N3O3. The highest BCUT2D eigenvalue weighted by Gasteiger charge is 2.37. The van der Waals surface area contributed by atoms with E-state index in [-0.39, 0.29) is 11.9 Å². The summed E-state index contributed by atoms with van der Waals surface area (Å²) in [5.74, 6) is -1.17. The predicted octanol–water partition coefficient (Wildman–Crippen LogP) is -0.240. The Morgan fingerprint density at radius 1 is 1.12 bits per heavy atom. The number of carboxylic acid groups (broad SMARTS) is 1. The van der Waals surface area contributed by atoms with Crippen LogP contribution >= 0.6 is 0 Å². The topological polar surface area (TPSA) is 64.1 Å². The minimum atomic E-state index is -0.801. The minimum Gasteiger partial charge on any atom is -0.481 e. The molecule has 2 amide bonds. The van der Waals surface area contributed by atoms with Gasteiger partial charge in [0, 0.05) is 39.3 Å². The van der Waals surface area contributed by atoms with Crippen molar-refractivity contribution in [2.75, 3.05) is 45.8 Å². The molecule has 6 heteroatoms. The quantitative estimate of drug-likeness (QED) is 0.724. The summed E-state index contributed by atoms with van der Waals surface area (Å²) in [6, 6.07) is -0.00162. The average molecular weight is 241 g/mol. The third-order valence-electron chi connectivity index (χ3n) is 3.59. The van der Waals surface area contributed by atoms with E-state index in [1.54, 1.807) is 4.90 Å². The molecule has 2 rings (SSSR count). The number of piperazine rings is 1. The van der Waals surface area contributed by atoms with Gasteiger partial charge in [0.15, 0.2) is 0 Å². The van der Waals surface area contributed by atoms with Crippen LogP contribution in [0.25, 0.3) is 0 Å². The highest BCUT2D eigenvalue weighted by Crippen LogP contribution is 2.18. The van der Waals surface area contributed by atoms with Crippen LogP contribution in [-0.2, 0) is 4.79 Å². The van der Waals surface area contributed by atoms with Crippen LogP contribution in [0.5, 0.6) is 0 Å². The lowest BCUT2D eigenvalue weighted by atomic mass is 10.0. The standard InChI is InChI=1S/C11H19N3O3/c1-2-12-3-5-13(6-4-12)11(17)14-7-9(8-14)10(15)16/h9H,2-8H2,1H3,(H,15,16). The first kappa shape index (κ1) is 12.2. The number of nitrogens with zero attached hydrogens (tertiary/aromatic N) is 3.